The molecule has 1 amide bonds. The monoisotopic (exact) mass is 398 g/mol. The van der Waals surface area contributed by atoms with Crippen LogP contribution in [0.15, 0.2) is 52.0 Å². The van der Waals surface area contributed by atoms with Gasteiger partial charge in [-0.05, 0) is 38.1 Å². The number of carbonyl (C=O) groups is 1. The smallest absolute Gasteiger partial charge is 0.289 e. The molecule has 1 N–H and O–H groups in total. The number of nitrogens with zero attached hydrogens (tertiary/aromatic N) is 1. The highest BCUT2D eigenvalue weighted by Crippen LogP contribution is 2.22. The second kappa shape index (κ2) is 8.70. The van der Waals surface area contributed by atoms with E-state index in [1.807, 2.05) is 7.05 Å². The second-order valence-electron chi connectivity index (χ2n) is 6.23. The predicted molar refractivity (Wildman–Crippen MR) is 101 cm³/mol. The van der Waals surface area contributed by atoms with Gasteiger partial charge in [0.1, 0.15) is 0 Å². The van der Waals surface area contributed by atoms with Crippen LogP contribution < -0.4 is 5.32 Å². The van der Waals surface area contributed by atoms with E-state index in [4.69, 9.17) is 4.42 Å². The first kappa shape index (κ1) is 20.5. The van der Waals surface area contributed by atoms with Crippen LogP contribution in [-0.4, -0.2) is 45.4 Å². The molecule has 6 nitrogen and oxygen atoms in total. The van der Waals surface area contributed by atoms with Crippen molar-refractivity contribution < 1.29 is 17.6 Å². The summed E-state index contributed by atoms with van der Waals surface area (Å²) in [5, 5.41) is 3.19. The van der Waals surface area contributed by atoms with Gasteiger partial charge in [0.15, 0.2) is 15.6 Å². The van der Waals surface area contributed by atoms with E-state index in [2.05, 4.69) is 5.32 Å². The second-order valence-corrected chi connectivity index (χ2v) is 8.22. The van der Waals surface area contributed by atoms with Gasteiger partial charge in [0.05, 0.1) is 16.9 Å². The molecule has 1 aromatic heterocycles. The van der Waals surface area contributed by atoms with Gasteiger partial charge in [-0.1, -0.05) is 18.2 Å². The highest BCUT2D eigenvalue weighted by Gasteiger charge is 2.28. The lowest BCUT2D eigenvalue weighted by Crippen LogP contribution is -2.47. The molecule has 0 saturated carbocycles. The van der Waals surface area contributed by atoms with E-state index in [0.29, 0.717) is 18.7 Å². The van der Waals surface area contributed by atoms with Gasteiger partial charge in [-0.3, -0.25) is 4.79 Å². The zero-order valence-corrected chi connectivity index (χ0v) is 16.2. The van der Waals surface area contributed by atoms with E-state index in [-0.39, 0.29) is 40.8 Å². The van der Waals surface area contributed by atoms with Gasteiger partial charge in [-0.2, -0.15) is 0 Å². The van der Waals surface area contributed by atoms with Gasteiger partial charge in [0.2, 0.25) is 0 Å². The van der Waals surface area contributed by atoms with E-state index >= 15 is 0 Å². The quantitative estimate of drug-likeness (QED) is 0.837. The molecule has 1 unspecified atom stereocenters. The largest absolute Gasteiger partial charge is 0.459 e. The van der Waals surface area contributed by atoms with Crippen LogP contribution >= 0.6 is 12.4 Å². The molecular formula is C18H23ClN2O4S. The van der Waals surface area contributed by atoms with Crippen LogP contribution in [0.5, 0.6) is 0 Å². The minimum absolute atomic E-state index is 0. The molecule has 1 aromatic carbocycles. The van der Waals surface area contributed by atoms with Crippen LogP contribution in [-0.2, 0) is 15.6 Å². The van der Waals surface area contributed by atoms with Crippen LogP contribution in [0.3, 0.4) is 0 Å². The first-order valence-electron chi connectivity index (χ1n) is 8.32. The number of rotatable bonds is 5. The topological polar surface area (TPSA) is 79.6 Å². The molecule has 1 atom stereocenters. The Morgan fingerprint density at radius 3 is 2.69 bits per heavy atom. The number of hydrogen-bond donors (Lipinski definition) is 1. The lowest BCUT2D eigenvalue weighted by atomic mass is 10.1. The zero-order chi connectivity index (χ0) is 17.9. The van der Waals surface area contributed by atoms with Crippen LogP contribution in [0.1, 0.15) is 29.0 Å². The number of sulfone groups is 1. The van der Waals surface area contributed by atoms with Crippen LogP contribution in [0, 0.1) is 0 Å². The van der Waals surface area contributed by atoms with E-state index < -0.39 is 9.84 Å². The van der Waals surface area contributed by atoms with Crippen LogP contribution in [0.2, 0.25) is 0 Å². The van der Waals surface area contributed by atoms with Crippen molar-refractivity contribution in [2.24, 2.45) is 0 Å². The fraction of sp³-hybridized carbons (Fsp3) is 0.389. The Morgan fingerprint density at radius 2 is 2.00 bits per heavy atom. The third kappa shape index (κ3) is 4.47. The minimum Gasteiger partial charge on any atom is -0.459 e. The van der Waals surface area contributed by atoms with Crippen LogP contribution in [0.4, 0.5) is 0 Å². The third-order valence-electron chi connectivity index (χ3n) is 4.51. The van der Waals surface area contributed by atoms with Gasteiger partial charge >= 0.3 is 0 Å². The molecule has 0 bridgehead atoms. The van der Waals surface area contributed by atoms with Crippen molar-refractivity contribution in [1.82, 2.24) is 10.2 Å². The SMILES string of the molecule is CNC1CCCN(C(=O)c2occc2CS(=O)(=O)c2ccccc2)C1.Cl. The summed E-state index contributed by atoms with van der Waals surface area (Å²) >= 11 is 0. The molecule has 3 rings (SSSR count). The molecule has 0 radical (unpaired) electrons. The Balaban J connectivity index is 0.00000243. The molecule has 26 heavy (non-hydrogen) atoms. The van der Waals surface area contributed by atoms with Crippen molar-refractivity contribution in [1.29, 1.82) is 0 Å². The molecule has 1 aliphatic rings. The number of furan rings is 1. The number of hydrogen-bond acceptors (Lipinski definition) is 5. The Morgan fingerprint density at radius 1 is 1.27 bits per heavy atom. The number of halogens is 1. The van der Waals surface area contributed by atoms with Crippen molar-refractivity contribution >= 4 is 28.2 Å². The third-order valence-corrected chi connectivity index (χ3v) is 6.19. The Kier molecular flexibility index (Phi) is 6.86. The van der Waals surface area contributed by atoms with E-state index in [1.54, 1.807) is 41.3 Å². The number of piperidine rings is 1. The number of amides is 1. The van der Waals surface area contributed by atoms with Gasteiger partial charge < -0.3 is 14.6 Å². The fourth-order valence-corrected chi connectivity index (χ4v) is 4.47. The van der Waals surface area contributed by atoms with Crippen molar-refractivity contribution in [2.45, 2.75) is 29.5 Å². The molecule has 1 aliphatic heterocycles. The molecule has 1 saturated heterocycles. The van der Waals surface area contributed by atoms with Gasteiger partial charge in [0.25, 0.3) is 5.91 Å². The summed E-state index contributed by atoms with van der Waals surface area (Å²) in [6.07, 6.45) is 3.31. The average Bonchev–Trinajstić information content (AvgIpc) is 3.09. The Bertz CT molecular complexity index is 836. The van der Waals surface area contributed by atoms with Crippen molar-refractivity contribution in [3.63, 3.8) is 0 Å². The molecule has 2 aromatic rings. The van der Waals surface area contributed by atoms with Crippen molar-refractivity contribution in [3.05, 3.63) is 54.0 Å². The summed E-state index contributed by atoms with van der Waals surface area (Å²) in [4.78, 5) is 14.7. The maximum Gasteiger partial charge on any atom is 0.289 e. The molecule has 0 spiro atoms. The molecular weight excluding hydrogens is 376 g/mol. The lowest BCUT2D eigenvalue weighted by Gasteiger charge is -2.32. The minimum atomic E-state index is -3.53. The zero-order valence-electron chi connectivity index (χ0n) is 14.6. The Hall–Kier alpha value is -1.83. The highest BCUT2D eigenvalue weighted by molar-refractivity contribution is 7.90. The molecule has 0 aliphatic carbocycles. The number of carbonyl (C=O) groups excluding carboxylic acids is 1. The van der Waals surface area contributed by atoms with E-state index in [0.717, 1.165) is 12.8 Å². The van der Waals surface area contributed by atoms with Crippen molar-refractivity contribution in [2.75, 3.05) is 20.1 Å². The number of nitrogens with one attached hydrogen (secondary N) is 1. The fourth-order valence-electron chi connectivity index (χ4n) is 3.09. The average molecular weight is 399 g/mol. The first-order valence-corrected chi connectivity index (χ1v) is 9.97. The highest BCUT2D eigenvalue weighted by atomic mass is 35.5. The summed E-state index contributed by atoms with van der Waals surface area (Å²) in [5.41, 5.74) is 0.403. The van der Waals surface area contributed by atoms with E-state index in [1.165, 1.54) is 6.26 Å². The maximum absolute atomic E-state index is 12.8. The summed E-state index contributed by atoms with van der Waals surface area (Å²) in [7, 11) is -1.65. The van der Waals surface area contributed by atoms with E-state index in [9.17, 15) is 13.2 Å². The maximum atomic E-state index is 12.8. The first-order chi connectivity index (χ1) is 12.0. The number of benzene rings is 1. The summed E-state index contributed by atoms with van der Waals surface area (Å²) in [6.45, 7) is 1.25. The number of likely N-dealkylation sites (tertiary alicyclic amines) is 1. The molecule has 8 heteroatoms. The normalized spacial score (nSPS) is 17.6. The molecule has 2 heterocycles. The molecule has 1 fully saturated rings. The summed E-state index contributed by atoms with van der Waals surface area (Å²) < 4.78 is 30.5. The van der Waals surface area contributed by atoms with Crippen molar-refractivity contribution in [3.8, 4) is 0 Å². The Labute approximate surface area is 159 Å². The summed E-state index contributed by atoms with van der Waals surface area (Å²) in [6, 6.07) is 10.1. The number of likely N-dealkylation sites (N-methyl/N-ethyl adjacent to an activating group) is 1. The predicted octanol–water partition coefficient (Wildman–Crippen LogP) is 2.50. The lowest BCUT2D eigenvalue weighted by molar-refractivity contribution is 0.0665. The van der Waals surface area contributed by atoms with Crippen LogP contribution in [0.25, 0.3) is 0 Å². The van der Waals surface area contributed by atoms with Gasteiger partial charge in [0, 0.05) is 24.7 Å². The molecule has 142 valence electrons. The van der Waals surface area contributed by atoms with Gasteiger partial charge in [-0.25, -0.2) is 8.42 Å². The summed E-state index contributed by atoms with van der Waals surface area (Å²) in [5.74, 6) is -0.378. The van der Waals surface area contributed by atoms with Gasteiger partial charge in [-0.15, -0.1) is 12.4 Å². The standard InChI is InChI=1S/C18H22N2O4S.ClH/c1-19-15-6-5-10-20(12-15)18(21)17-14(9-11-24-17)13-25(22,23)16-7-3-2-4-8-16;/h2-4,7-9,11,15,19H,5-6,10,12-13H2,1H3;1H.